The average Bonchev–Trinajstić information content (AvgIpc) is 2.91. The maximum absolute atomic E-state index is 12.9. The molecule has 0 atom stereocenters. The number of benzene rings is 3. The van der Waals surface area contributed by atoms with Gasteiger partial charge in [0.15, 0.2) is 12.5 Å². The molecule has 0 aromatic heterocycles. The van der Waals surface area contributed by atoms with Gasteiger partial charge in [0.1, 0.15) is 23.0 Å². The zero-order valence-corrected chi connectivity index (χ0v) is 21.3. The summed E-state index contributed by atoms with van der Waals surface area (Å²) in [5.41, 5.74) is 1.59. The van der Waals surface area contributed by atoms with Crippen LogP contribution < -0.4 is 18.9 Å². The van der Waals surface area contributed by atoms with E-state index < -0.39 is 24.1 Å². The predicted octanol–water partition coefficient (Wildman–Crippen LogP) is 8.22. The summed E-state index contributed by atoms with van der Waals surface area (Å²) in [5, 5.41) is 0. The van der Waals surface area contributed by atoms with E-state index in [1.165, 1.54) is 74.5 Å². The Bertz CT molecular complexity index is 1380. The van der Waals surface area contributed by atoms with Crippen molar-refractivity contribution in [3.8, 4) is 45.3 Å². The fraction of sp³-hybridized carbons (Fsp3) is 0.0667. The second kappa shape index (κ2) is 13.1. The molecule has 0 spiro atoms. The first-order chi connectivity index (χ1) is 18.9. The number of halogens is 4. The molecule has 0 saturated heterocycles. The van der Waals surface area contributed by atoms with E-state index in [0.717, 1.165) is 0 Å². The maximum Gasteiger partial charge on any atom is 0.338 e. The molecule has 0 radical (unpaired) electrons. The van der Waals surface area contributed by atoms with Crippen LogP contribution in [0.5, 0.6) is 23.0 Å². The van der Waals surface area contributed by atoms with E-state index in [2.05, 4.69) is 13.2 Å². The summed E-state index contributed by atoms with van der Waals surface area (Å²) in [4.78, 5) is 23.6. The summed E-state index contributed by atoms with van der Waals surface area (Å²) in [7, 11) is 0. The first-order valence-electron chi connectivity index (χ1n) is 11.4. The van der Waals surface area contributed by atoms with Gasteiger partial charge >= 0.3 is 24.1 Å². The zero-order valence-electron chi connectivity index (χ0n) is 21.3. The summed E-state index contributed by atoms with van der Waals surface area (Å²) in [6.45, 7) is 9.98. The Kier molecular flexibility index (Phi) is 9.64. The number of esters is 2. The van der Waals surface area contributed by atoms with Crippen LogP contribution in [-0.4, -0.2) is 11.9 Å². The Morgan fingerprint density at radius 3 is 1.23 bits per heavy atom. The Hall–Kier alpha value is -5.12. The van der Waals surface area contributed by atoms with E-state index in [0.29, 0.717) is 11.1 Å². The van der Waals surface area contributed by atoms with Crippen molar-refractivity contribution >= 4 is 11.9 Å². The van der Waals surface area contributed by atoms with E-state index in [1.807, 2.05) is 0 Å². The van der Waals surface area contributed by atoms with Crippen molar-refractivity contribution in [1.82, 2.24) is 0 Å². The Labute approximate surface area is 227 Å². The lowest BCUT2D eigenvalue weighted by Crippen LogP contribution is -2.07. The van der Waals surface area contributed by atoms with Crippen LogP contribution in [0.15, 0.2) is 110 Å². The molecule has 0 heterocycles. The van der Waals surface area contributed by atoms with E-state index in [4.69, 9.17) is 18.9 Å². The monoisotopic (exact) mass is 554 g/mol. The molecule has 0 bridgehead atoms. The second-order valence-electron chi connectivity index (χ2n) is 8.28. The van der Waals surface area contributed by atoms with Gasteiger partial charge in [-0.15, -0.1) is 0 Å². The summed E-state index contributed by atoms with van der Waals surface area (Å²) in [6.07, 6.45) is -3.76. The number of carbonyl (C=O) groups excluding carboxylic acids is 2. The number of carbonyl (C=O) groups is 2. The third kappa shape index (κ3) is 7.94. The highest BCUT2D eigenvalue weighted by Crippen LogP contribution is 2.42. The maximum atomic E-state index is 12.9. The highest BCUT2D eigenvalue weighted by atomic mass is 19.3. The van der Waals surface area contributed by atoms with Crippen LogP contribution >= 0.6 is 0 Å². The van der Waals surface area contributed by atoms with Crippen LogP contribution in [0.3, 0.4) is 0 Å². The first-order valence-corrected chi connectivity index (χ1v) is 11.4. The van der Waals surface area contributed by atoms with Gasteiger partial charge in [-0.05, 0) is 61.4 Å². The van der Waals surface area contributed by atoms with Crippen LogP contribution in [0.1, 0.15) is 13.8 Å². The molecule has 0 unspecified atom stereocenters. The lowest BCUT2D eigenvalue weighted by molar-refractivity contribution is -0.130. The van der Waals surface area contributed by atoms with Crippen molar-refractivity contribution in [3.63, 3.8) is 0 Å². The van der Waals surface area contributed by atoms with Gasteiger partial charge < -0.3 is 18.9 Å². The summed E-state index contributed by atoms with van der Waals surface area (Å²) in [6, 6.07) is 14.5. The molecule has 0 N–H and O–H groups in total. The van der Waals surface area contributed by atoms with Gasteiger partial charge in [-0.25, -0.2) is 9.59 Å². The van der Waals surface area contributed by atoms with Gasteiger partial charge in [0, 0.05) is 22.3 Å². The fourth-order valence-electron chi connectivity index (χ4n) is 3.22. The largest absolute Gasteiger partial charge is 0.459 e. The van der Waals surface area contributed by atoms with Crippen LogP contribution in [0.2, 0.25) is 0 Å². The Morgan fingerprint density at radius 1 is 0.625 bits per heavy atom. The van der Waals surface area contributed by atoms with E-state index in [1.54, 1.807) is 0 Å². The minimum absolute atomic E-state index is 0.0654. The molecule has 3 rings (SSSR count). The molecule has 0 aliphatic carbocycles. The van der Waals surface area contributed by atoms with Crippen LogP contribution in [-0.2, 0) is 9.59 Å². The van der Waals surface area contributed by atoms with Crippen molar-refractivity contribution in [2.45, 2.75) is 13.8 Å². The summed E-state index contributed by atoms with van der Waals surface area (Å²) >= 11 is 0. The molecular weight excluding hydrogens is 532 g/mol. The standard InChI is InChI=1S/C30H22F4O6/c1-17(2)29(35)39-21-9-5-19(6-10-21)23-13-26(38-16-28(33)34)24(14-25(23)37-15-27(31)32)20-7-11-22(12-8-20)40-30(36)18(3)4/h5-16H,1,3H2,2,4H3. The number of hydrogen-bond donors (Lipinski definition) is 0. The Morgan fingerprint density at radius 2 is 0.950 bits per heavy atom. The number of hydrogen-bond acceptors (Lipinski definition) is 6. The van der Waals surface area contributed by atoms with Crippen LogP contribution in [0.25, 0.3) is 22.3 Å². The molecule has 10 heteroatoms. The topological polar surface area (TPSA) is 71.1 Å². The molecule has 3 aromatic carbocycles. The van der Waals surface area contributed by atoms with Gasteiger partial charge in [0.25, 0.3) is 0 Å². The number of ether oxygens (including phenoxy) is 4. The molecule has 40 heavy (non-hydrogen) atoms. The molecule has 3 aromatic rings. The van der Waals surface area contributed by atoms with E-state index >= 15 is 0 Å². The van der Waals surface area contributed by atoms with Crippen molar-refractivity contribution in [2.75, 3.05) is 0 Å². The SMILES string of the molecule is C=C(C)C(=O)Oc1ccc(-c2cc(OC=C(F)F)c(-c3ccc(OC(=O)C(=C)C)cc3)cc2OC=C(F)F)cc1. The fourth-order valence-corrected chi connectivity index (χ4v) is 3.22. The third-order valence-corrected chi connectivity index (χ3v) is 5.08. The van der Waals surface area contributed by atoms with Crippen LogP contribution in [0, 0.1) is 0 Å². The Balaban J connectivity index is 2.11. The molecular formula is C30H22F4O6. The van der Waals surface area contributed by atoms with Gasteiger partial charge in [0.05, 0.1) is 0 Å². The zero-order chi connectivity index (χ0) is 29.4. The third-order valence-electron chi connectivity index (χ3n) is 5.08. The molecule has 0 saturated carbocycles. The van der Waals surface area contributed by atoms with Crippen molar-refractivity contribution in [1.29, 1.82) is 0 Å². The van der Waals surface area contributed by atoms with E-state index in [9.17, 15) is 27.2 Å². The molecule has 0 aliphatic heterocycles. The first kappa shape index (κ1) is 29.4. The van der Waals surface area contributed by atoms with Gasteiger partial charge in [-0.2, -0.15) is 17.6 Å². The average molecular weight is 554 g/mol. The second-order valence-corrected chi connectivity index (χ2v) is 8.28. The minimum atomic E-state index is -2.11. The molecule has 0 amide bonds. The van der Waals surface area contributed by atoms with Crippen LogP contribution in [0.4, 0.5) is 17.6 Å². The molecule has 6 nitrogen and oxygen atoms in total. The smallest absolute Gasteiger partial charge is 0.338 e. The lowest BCUT2D eigenvalue weighted by atomic mass is 9.97. The van der Waals surface area contributed by atoms with Gasteiger partial charge in [-0.3, -0.25) is 0 Å². The number of rotatable bonds is 10. The molecule has 0 aliphatic rings. The minimum Gasteiger partial charge on any atom is -0.459 e. The summed E-state index contributed by atoms with van der Waals surface area (Å²) in [5.74, 6) is -1.02. The predicted molar refractivity (Wildman–Crippen MR) is 140 cm³/mol. The van der Waals surface area contributed by atoms with Crippen molar-refractivity contribution in [2.24, 2.45) is 0 Å². The van der Waals surface area contributed by atoms with Crippen molar-refractivity contribution in [3.05, 3.63) is 110 Å². The van der Waals surface area contributed by atoms with Gasteiger partial charge in [-0.1, -0.05) is 37.4 Å². The molecule has 0 fully saturated rings. The summed E-state index contributed by atoms with van der Waals surface area (Å²) < 4.78 is 72.5. The highest BCUT2D eigenvalue weighted by molar-refractivity contribution is 5.89. The lowest BCUT2D eigenvalue weighted by Gasteiger charge is -2.16. The van der Waals surface area contributed by atoms with E-state index in [-0.39, 0.29) is 57.8 Å². The highest BCUT2D eigenvalue weighted by Gasteiger charge is 2.17. The normalized spacial score (nSPS) is 10.2. The quantitative estimate of drug-likeness (QED) is 0.0827. The van der Waals surface area contributed by atoms with Crippen molar-refractivity contribution < 1.29 is 46.1 Å². The van der Waals surface area contributed by atoms with Gasteiger partial charge in [0.2, 0.25) is 0 Å². The molecule has 206 valence electrons.